The molecule has 0 fully saturated rings. The molecule has 5 nitrogen and oxygen atoms in total. The lowest BCUT2D eigenvalue weighted by molar-refractivity contribution is 0.0702. The second-order valence-electron chi connectivity index (χ2n) is 4.00. The first kappa shape index (κ1) is 15.9. The number of rotatable bonds is 4. The minimum atomic E-state index is -3.94. The van der Waals surface area contributed by atoms with E-state index in [1.165, 1.54) is 19.2 Å². The van der Waals surface area contributed by atoms with Crippen LogP contribution in [-0.2, 0) is 10.0 Å². The Morgan fingerprint density at radius 2 is 1.90 bits per heavy atom. The van der Waals surface area contributed by atoms with Crippen molar-refractivity contribution in [1.29, 1.82) is 0 Å². The summed E-state index contributed by atoms with van der Waals surface area (Å²) in [4.78, 5) is 10.7. The zero-order valence-electron chi connectivity index (χ0n) is 10.6. The fraction of sp³-hybridized carbons (Fsp3) is 0.0833. The Kier molecular flexibility index (Phi) is 4.35. The molecule has 0 aliphatic heterocycles. The SMILES string of the molecule is CN(c1ccc(F)cc1)S(=O)(=O)c1cc(C(=O)O)sc1Br. The summed E-state index contributed by atoms with van der Waals surface area (Å²) in [6.45, 7) is 0. The van der Waals surface area contributed by atoms with E-state index in [-0.39, 0.29) is 19.2 Å². The average Bonchev–Trinajstić information content (AvgIpc) is 2.82. The Morgan fingerprint density at radius 3 is 2.38 bits per heavy atom. The Bertz CT molecular complexity index is 786. The largest absolute Gasteiger partial charge is 0.477 e. The van der Waals surface area contributed by atoms with Gasteiger partial charge in [0.15, 0.2) is 0 Å². The molecule has 0 radical (unpaired) electrons. The summed E-state index contributed by atoms with van der Waals surface area (Å²) in [6.07, 6.45) is 0. The van der Waals surface area contributed by atoms with Gasteiger partial charge in [-0.15, -0.1) is 11.3 Å². The molecule has 9 heteroatoms. The van der Waals surface area contributed by atoms with Gasteiger partial charge in [-0.3, -0.25) is 4.31 Å². The Morgan fingerprint density at radius 1 is 1.33 bits per heavy atom. The predicted molar refractivity (Wildman–Crippen MR) is 81.0 cm³/mol. The van der Waals surface area contributed by atoms with Gasteiger partial charge in [-0.25, -0.2) is 17.6 Å². The smallest absolute Gasteiger partial charge is 0.345 e. The van der Waals surface area contributed by atoms with Crippen molar-refractivity contribution in [2.75, 3.05) is 11.4 Å². The number of carboxylic acids is 1. The fourth-order valence-corrected chi connectivity index (χ4v) is 5.12. The van der Waals surface area contributed by atoms with E-state index in [9.17, 15) is 17.6 Å². The van der Waals surface area contributed by atoms with Gasteiger partial charge in [-0.1, -0.05) is 0 Å². The summed E-state index contributed by atoms with van der Waals surface area (Å²) < 4.78 is 39.0. The minimum absolute atomic E-state index is 0.0899. The summed E-state index contributed by atoms with van der Waals surface area (Å²) in [6, 6.07) is 6.03. The highest BCUT2D eigenvalue weighted by molar-refractivity contribution is 9.11. The molecule has 0 aliphatic carbocycles. The molecule has 0 amide bonds. The maximum Gasteiger partial charge on any atom is 0.345 e. The van der Waals surface area contributed by atoms with Crippen molar-refractivity contribution in [3.63, 3.8) is 0 Å². The van der Waals surface area contributed by atoms with E-state index in [2.05, 4.69) is 15.9 Å². The van der Waals surface area contributed by atoms with Crippen LogP contribution in [-0.4, -0.2) is 26.5 Å². The zero-order chi connectivity index (χ0) is 15.8. The topological polar surface area (TPSA) is 74.7 Å². The van der Waals surface area contributed by atoms with Gasteiger partial charge in [-0.2, -0.15) is 0 Å². The van der Waals surface area contributed by atoms with Crippen LogP contribution in [0.5, 0.6) is 0 Å². The number of anilines is 1. The molecule has 0 saturated carbocycles. The fourth-order valence-electron chi connectivity index (χ4n) is 1.57. The third-order valence-electron chi connectivity index (χ3n) is 2.69. The third kappa shape index (κ3) is 3.09. The molecule has 0 aliphatic rings. The van der Waals surface area contributed by atoms with Crippen LogP contribution in [0.3, 0.4) is 0 Å². The normalized spacial score (nSPS) is 11.4. The number of hydrogen-bond donors (Lipinski definition) is 1. The maximum atomic E-state index is 12.9. The second kappa shape index (κ2) is 5.74. The molecule has 0 atom stereocenters. The van der Waals surface area contributed by atoms with Crippen LogP contribution >= 0.6 is 27.3 Å². The standard InChI is InChI=1S/C12H9BrFNO4S2/c1-15(8-4-2-7(14)3-5-8)21(18,19)10-6-9(12(16)17)20-11(10)13/h2-6H,1H3,(H,16,17). The van der Waals surface area contributed by atoms with Gasteiger partial charge < -0.3 is 5.11 Å². The molecule has 2 aromatic rings. The maximum absolute atomic E-state index is 12.9. The van der Waals surface area contributed by atoms with E-state index < -0.39 is 21.8 Å². The van der Waals surface area contributed by atoms with Gasteiger partial charge in [0.2, 0.25) is 0 Å². The molecule has 2 rings (SSSR count). The number of benzene rings is 1. The van der Waals surface area contributed by atoms with Gasteiger partial charge >= 0.3 is 5.97 Å². The molecule has 1 heterocycles. The van der Waals surface area contributed by atoms with Crippen molar-refractivity contribution >= 4 is 48.9 Å². The molecule has 0 bridgehead atoms. The number of hydrogen-bond acceptors (Lipinski definition) is 4. The number of thiophene rings is 1. The van der Waals surface area contributed by atoms with Crippen molar-refractivity contribution in [1.82, 2.24) is 0 Å². The van der Waals surface area contributed by atoms with Crippen LogP contribution < -0.4 is 4.31 Å². The third-order valence-corrected chi connectivity index (χ3v) is 6.72. The van der Waals surface area contributed by atoms with Gasteiger partial charge in [0.25, 0.3) is 10.0 Å². The van der Waals surface area contributed by atoms with Crippen molar-refractivity contribution in [3.8, 4) is 0 Å². The van der Waals surface area contributed by atoms with Crippen molar-refractivity contribution in [3.05, 3.63) is 44.8 Å². The van der Waals surface area contributed by atoms with Crippen LogP contribution in [0.2, 0.25) is 0 Å². The molecule has 0 saturated heterocycles. The lowest BCUT2D eigenvalue weighted by Gasteiger charge is -2.18. The van der Waals surface area contributed by atoms with Crippen molar-refractivity contribution in [2.45, 2.75) is 4.90 Å². The first-order chi connectivity index (χ1) is 9.73. The van der Waals surface area contributed by atoms with Gasteiger partial charge in [0.1, 0.15) is 15.6 Å². The van der Waals surface area contributed by atoms with Crippen LogP contribution in [0.15, 0.2) is 39.0 Å². The minimum Gasteiger partial charge on any atom is -0.477 e. The van der Waals surface area contributed by atoms with E-state index >= 15 is 0 Å². The molecule has 21 heavy (non-hydrogen) atoms. The highest BCUT2D eigenvalue weighted by Crippen LogP contribution is 2.34. The van der Waals surface area contributed by atoms with E-state index in [4.69, 9.17) is 5.11 Å². The molecular formula is C12H9BrFNO4S2. The monoisotopic (exact) mass is 393 g/mol. The molecular weight excluding hydrogens is 385 g/mol. The zero-order valence-corrected chi connectivity index (χ0v) is 13.8. The molecule has 1 N–H and O–H groups in total. The number of aromatic carboxylic acids is 1. The van der Waals surface area contributed by atoms with E-state index in [0.29, 0.717) is 0 Å². The lowest BCUT2D eigenvalue weighted by atomic mass is 10.3. The Balaban J connectivity index is 2.46. The summed E-state index contributed by atoms with van der Waals surface area (Å²) in [5.41, 5.74) is 0.270. The lowest BCUT2D eigenvalue weighted by Crippen LogP contribution is -2.26. The molecule has 1 aromatic carbocycles. The average molecular weight is 394 g/mol. The first-order valence-electron chi connectivity index (χ1n) is 5.50. The number of carboxylic acid groups (broad SMARTS) is 1. The molecule has 1 aromatic heterocycles. The summed E-state index contributed by atoms with van der Waals surface area (Å²) >= 11 is 3.88. The van der Waals surface area contributed by atoms with Gasteiger partial charge in [0, 0.05) is 7.05 Å². The van der Waals surface area contributed by atoms with Crippen molar-refractivity contribution in [2.24, 2.45) is 0 Å². The number of sulfonamides is 1. The van der Waals surface area contributed by atoms with Crippen LogP contribution in [0.1, 0.15) is 9.67 Å². The van der Waals surface area contributed by atoms with Crippen LogP contribution in [0.4, 0.5) is 10.1 Å². The molecule has 0 spiro atoms. The summed E-state index contributed by atoms with van der Waals surface area (Å²) in [5.74, 6) is -1.68. The Hall–Kier alpha value is -1.45. The first-order valence-corrected chi connectivity index (χ1v) is 8.55. The summed E-state index contributed by atoms with van der Waals surface area (Å²) in [5, 5.41) is 8.91. The molecule has 112 valence electrons. The Labute approximate surface area is 132 Å². The van der Waals surface area contributed by atoms with E-state index in [1.807, 2.05) is 0 Å². The number of nitrogens with zero attached hydrogens (tertiary/aromatic N) is 1. The summed E-state index contributed by atoms with van der Waals surface area (Å²) in [7, 11) is -2.62. The second-order valence-corrected chi connectivity index (χ2v) is 8.31. The predicted octanol–water partition coefficient (Wildman–Crippen LogP) is 3.17. The van der Waals surface area contributed by atoms with E-state index in [0.717, 1.165) is 33.8 Å². The molecule has 0 unspecified atom stereocenters. The highest BCUT2D eigenvalue weighted by atomic mass is 79.9. The van der Waals surface area contributed by atoms with Gasteiger partial charge in [0.05, 0.1) is 9.47 Å². The van der Waals surface area contributed by atoms with E-state index in [1.54, 1.807) is 0 Å². The highest BCUT2D eigenvalue weighted by Gasteiger charge is 2.27. The number of carbonyl (C=O) groups is 1. The number of halogens is 2. The van der Waals surface area contributed by atoms with Crippen molar-refractivity contribution < 1.29 is 22.7 Å². The van der Waals surface area contributed by atoms with Crippen LogP contribution in [0, 0.1) is 5.82 Å². The van der Waals surface area contributed by atoms with Crippen LogP contribution in [0.25, 0.3) is 0 Å². The quantitative estimate of drug-likeness (QED) is 0.865. The van der Waals surface area contributed by atoms with Gasteiger partial charge in [-0.05, 0) is 46.3 Å².